The second-order valence-corrected chi connectivity index (χ2v) is 4.78. The molecule has 0 aliphatic carbocycles. The fourth-order valence-corrected chi connectivity index (χ4v) is 2.99. The summed E-state index contributed by atoms with van der Waals surface area (Å²) < 4.78 is 0. The van der Waals surface area contributed by atoms with Crippen molar-refractivity contribution < 1.29 is 4.79 Å². The number of nitrogens with one attached hydrogen (secondary N) is 1. The summed E-state index contributed by atoms with van der Waals surface area (Å²) in [5, 5.41) is 2.76. The van der Waals surface area contributed by atoms with Gasteiger partial charge in [0.25, 0.3) is 0 Å². The van der Waals surface area contributed by atoms with Gasteiger partial charge in [0, 0.05) is 11.9 Å². The number of hydrogen-bond donors (Lipinski definition) is 1. The van der Waals surface area contributed by atoms with Crippen molar-refractivity contribution in [3.63, 3.8) is 0 Å². The van der Waals surface area contributed by atoms with Gasteiger partial charge in [-0.2, -0.15) is 0 Å². The lowest BCUT2D eigenvalue weighted by Gasteiger charge is -2.04. The van der Waals surface area contributed by atoms with E-state index < -0.39 is 0 Å². The minimum absolute atomic E-state index is 0.0665. The van der Waals surface area contributed by atoms with E-state index in [2.05, 4.69) is 30.4 Å². The van der Waals surface area contributed by atoms with Crippen LogP contribution in [-0.2, 0) is 11.2 Å². The number of thioether (sulfide) groups is 1. The lowest BCUT2D eigenvalue weighted by atomic mass is 10.1. The molecule has 0 bridgehead atoms. The van der Waals surface area contributed by atoms with Crippen molar-refractivity contribution in [3.8, 4) is 0 Å². The first-order valence-corrected chi connectivity index (χ1v) is 5.56. The molecule has 1 heterocycles. The van der Waals surface area contributed by atoms with Crippen LogP contribution >= 0.6 is 11.8 Å². The quantitative estimate of drug-likeness (QED) is 0.760. The SMILES string of the molecule is CNC(=O)C1Cc2ccc(C)cc2S1. The zero-order valence-corrected chi connectivity index (χ0v) is 9.15. The van der Waals surface area contributed by atoms with Crippen LogP contribution in [0.1, 0.15) is 11.1 Å². The van der Waals surface area contributed by atoms with Crippen molar-refractivity contribution in [1.82, 2.24) is 5.32 Å². The molecule has 2 rings (SSSR count). The van der Waals surface area contributed by atoms with Crippen molar-refractivity contribution >= 4 is 17.7 Å². The molecule has 1 aromatic rings. The van der Waals surface area contributed by atoms with E-state index in [1.807, 2.05) is 0 Å². The Morgan fingerprint density at radius 2 is 2.36 bits per heavy atom. The number of amides is 1. The van der Waals surface area contributed by atoms with E-state index in [9.17, 15) is 4.79 Å². The number of fused-ring (bicyclic) bond motifs is 1. The monoisotopic (exact) mass is 207 g/mol. The smallest absolute Gasteiger partial charge is 0.233 e. The summed E-state index contributed by atoms with van der Waals surface area (Å²) in [6.07, 6.45) is 0.861. The molecule has 3 heteroatoms. The van der Waals surface area contributed by atoms with Gasteiger partial charge in [0.05, 0.1) is 5.25 Å². The lowest BCUT2D eigenvalue weighted by molar-refractivity contribution is -0.120. The summed E-state index contributed by atoms with van der Waals surface area (Å²) in [5.74, 6) is 0.129. The second kappa shape index (κ2) is 3.65. The highest BCUT2D eigenvalue weighted by Gasteiger charge is 2.27. The predicted molar refractivity (Wildman–Crippen MR) is 58.6 cm³/mol. The van der Waals surface area contributed by atoms with Gasteiger partial charge in [0.2, 0.25) is 5.91 Å². The van der Waals surface area contributed by atoms with E-state index in [0.29, 0.717) is 0 Å². The van der Waals surface area contributed by atoms with E-state index in [0.717, 1.165) is 6.42 Å². The molecule has 0 radical (unpaired) electrons. The summed E-state index contributed by atoms with van der Waals surface area (Å²) in [5.41, 5.74) is 2.56. The van der Waals surface area contributed by atoms with Gasteiger partial charge in [-0.25, -0.2) is 0 Å². The van der Waals surface area contributed by atoms with Crippen molar-refractivity contribution in [2.45, 2.75) is 23.5 Å². The average molecular weight is 207 g/mol. The first-order valence-electron chi connectivity index (χ1n) is 4.68. The maximum Gasteiger partial charge on any atom is 0.233 e. The third-order valence-electron chi connectivity index (χ3n) is 2.44. The van der Waals surface area contributed by atoms with Crippen LogP contribution in [0.15, 0.2) is 23.1 Å². The van der Waals surface area contributed by atoms with E-state index >= 15 is 0 Å². The maximum absolute atomic E-state index is 11.4. The Kier molecular flexibility index (Phi) is 2.50. The molecule has 0 spiro atoms. The average Bonchev–Trinajstić information content (AvgIpc) is 2.59. The Balaban J connectivity index is 2.22. The number of hydrogen-bond acceptors (Lipinski definition) is 2. The number of benzene rings is 1. The van der Waals surface area contributed by atoms with E-state index in [-0.39, 0.29) is 11.2 Å². The predicted octanol–water partition coefficient (Wildman–Crippen LogP) is 1.76. The summed E-state index contributed by atoms with van der Waals surface area (Å²) in [7, 11) is 1.69. The molecule has 74 valence electrons. The number of aryl methyl sites for hydroxylation is 1. The van der Waals surface area contributed by atoms with Gasteiger partial charge < -0.3 is 5.32 Å². The topological polar surface area (TPSA) is 29.1 Å². The summed E-state index contributed by atoms with van der Waals surface area (Å²) >= 11 is 1.67. The van der Waals surface area contributed by atoms with Crippen LogP contribution in [-0.4, -0.2) is 18.2 Å². The van der Waals surface area contributed by atoms with Gasteiger partial charge in [-0.3, -0.25) is 4.79 Å². The molecular weight excluding hydrogens is 194 g/mol. The molecule has 2 nitrogen and oxygen atoms in total. The highest BCUT2D eigenvalue weighted by molar-refractivity contribution is 8.01. The minimum Gasteiger partial charge on any atom is -0.358 e. The minimum atomic E-state index is 0.0665. The van der Waals surface area contributed by atoms with Crippen LogP contribution in [0.25, 0.3) is 0 Å². The standard InChI is InChI=1S/C11H13NOS/c1-7-3-4-8-6-10(11(13)12-2)14-9(8)5-7/h3-5,10H,6H2,1-2H3,(H,12,13). The molecule has 1 aromatic carbocycles. The molecule has 1 amide bonds. The third-order valence-corrected chi connectivity index (χ3v) is 3.74. The zero-order valence-electron chi connectivity index (χ0n) is 8.33. The van der Waals surface area contributed by atoms with Gasteiger partial charge in [-0.05, 0) is 25.0 Å². The first-order chi connectivity index (χ1) is 6.70. The maximum atomic E-state index is 11.4. The first kappa shape index (κ1) is 9.59. The number of carbonyl (C=O) groups excluding carboxylic acids is 1. The van der Waals surface area contributed by atoms with Gasteiger partial charge in [-0.1, -0.05) is 17.7 Å². The summed E-state index contributed by atoms with van der Waals surface area (Å²) in [6.45, 7) is 2.08. The Morgan fingerprint density at radius 3 is 3.07 bits per heavy atom. The van der Waals surface area contributed by atoms with Crippen LogP contribution in [0, 0.1) is 6.92 Å². The molecule has 0 fully saturated rings. The van der Waals surface area contributed by atoms with Crippen LogP contribution < -0.4 is 5.32 Å². The summed E-state index contributed by atoms with van der Waals surface area (Å²) in [4.78, 5) is 12.7. The van der Waals surface area contributed by atoms with Crippen molar-refractivity contribution in [3.05, 3.63) is 29.3 Å². The zero-order chi connectivity index (χ0) is 10.1. The fraction of sp³-hybridized carbons (Fsp3) is 0.364. The molecule has 1 aliphatic heterocycles. The molecule has 1 N–H and O–H groups in total. The second-order valence-electron chi connectivity index (χ2n) is 3.54. The Bertz CT molecular complexity index is 376. The van der Waals surface area contributed by atoms with E-state index in [4.69, 9.17) is 0 Å². The van der Waals surface area contributed by atoms with Crippen LogP contribution in [0.2, 0.25) is 0 Å². The van der Waals surface area contributed by atoms with Crippen LogP contribution in [0.3, 0.4) is 0 Å². The molecule has 0 saturated carbocycles. The molecule has 0 aromatic heterocycles. The third kappa shape index (κ3) is 1.64. The highest BCUT2D eigenvalue weighted by Crippen LogP contribution is 2.37. The highest BCUT2D eigenvalue weighted by atomic mass is 32.2. The summed E-state index contributed by atoms with van der Waals surface area (Å²) in [6, 6.07) is 6.38. The normalized spacial score (nSPS) is 19.1. The van der Waals surface area contributed by atoms with Crippen molar-refractivity contribution in [1.29, 1.82) is 0 Å². The Morgan fingerprint density at radius 1 is 1.57 bits per heavy atom. The van der Waals surface area contributed by atoms with Gasteiger partial charge >= 0.3 is 0 Å². The van der Waals surface area contributed by atoms with Gasteiger partial charge in [0.1, 0.15) is 0 Å². The van der Waals surface area contributed by atoms with Gasteiger partial charge in [-0.15, -0.1) is 11.8 Å². The Labute approximate surface area is 88.1 Å². The lowest BCUT2D eigenvalue weighted by Crippen LogP contribution is -2.28. The van der Waals surface area contributed by atoms with Crippen molar-refractivity contribution in [2.24, 2.45) is 0 Å². The van der Waals surface area contributed by atoms with Gasteiger partial charge in [0.15, 0.2) is 0 Å². The molecule has 0 saturated heterocycles. The van der Waals surface area contributed by atoms with E-state index in [1.54, 1.807) is 18.8 Å². The largest absolute Gasteiger partial charge is 0.358 e. The molecule has 1 unspecified atom stereocenters. The fourth-order valence-electron chi connectivity index (χ4n) is 1.64. The number of carbonyl (C=O) groups is 1. The molecular formula is C11H13NOS. The van der Waals surface area contributed by atoms with Crippen molar-refractivity contribution in [2.75, 3.05) is 7.05 Å². The van der Waals surface area contributed by atoms with Crippen LogP contribution in [0.4, 0.5) is 0 Å². The molecule has 14 heavy (non-hydrogen) atoms. The van der Waals surface area contributed by atoms with Crippen LogP contribution in [0.5, 0.6) is 0 Å². The molecule has 1 aliphatic rings. The molecule has 1 atom stereocenters. The number of rotatable bonds is 1. The Hall–Kier alpha value is -0.960. The van der Waals surface area contributed by atoms with E-state index in [1.165, 1.54) is 16.0 Å².